The maximum Gasteiger partial charge on any atom is 0.262 e. The zero-order valence-corrected chi connectivity index (χ0v) is 18.3. The van der Waals surface area contributed by atoms with Crippen LogP contribution in [0.4, 0.5) is 15.8 Å². The van der Waals surface area contributed by atoms with Gasteiger partial charge in [-0.1, -0.05) is 28.1 Å². The van der Waals surface area contributed by atoms with Gasteiger partial charge in [0.1, 0.15) is 11.6 Å². The van der Waals surface area contributed by atoms with E-state index in [9.17, 15) is 17.6 Å². The molecule has 0 saturated carbocycles. The van der Waals surface area contributed by atoms with Gasteiger partial charge >= 0.3 is 0 Å². The molecule has 3 rings (SSSR count). The standard InChI is InChI=1S/C21H18BrFN2O4S/c1-29-20-11-8-17(24-21(26)12-14-2-4-15(22)5-3-14)13-19(20)25-30(27,28)18-9-6-16(23)7-10-18/h2-11,13,25H,12H2,1H3,(H,24,26). The van der Waals surface area contributed by atoms with E-state index in [4.69, 9.17) is 4.74 Å². The van der Waals surface area contributed by atoms with Crippen molar-refractivity contribution in [2.24, 2.45) is 0 Å². The summed E-state index contributed by atoms with van der Waals surface area (Å²) in [5.74, 6) is -0.525. The third kappa shape index (κ3) is 5.58. The number of anilines is 2. The number of carbonyl (C=O) groups excluding carboxylic acids is 1. The van der Waals surface area contributed by atoms with Crippen LogP contribution in [0.2, 0.25) is 0 Å². The molecule has 3 aromatic rings. The minimum atomic E-state index is -3.97. The van der Waals surface area contributed by atoms with Gasteiger partial charge in [0.2, 0.25) is 5.91 Å². The monoisotopic (exact) mass is 492 g/mol. The Kier molecular flexibility index (Phi) is 6.73. The molecule has 0 radical (unpaired) electrons. The van der Waals surface area contributed by atoms with Crippen LogP contribution < -0.4 is 14.8 Å². The highest BCUT2D eigenvalue weighted by molar-refractivity contribution is 9.10. The van der Waals surface area contributed by atoms with Crippen molar-refractivity contribution in [1.29, 1.82) is 0 Å². The second-order valence-electron chi connectivity index (χ2n) is 6.33. The number of methoxy groups -OCH3 is 1. The van der Waals surface area contributed by atoms with Gasteiger partial charge in [0, 0.05) is 10.2 Å². The molecule has 156 valence electrons. The molecule has 30 heavy (non-hydrogen) atoms. The Balaban J connectivity index is 1.78. The van der Waals surface area contributed by atoms with Crippen molar-refractivity contribution in [3.05, 3.63) is 82.6 Å². The maximum absolute atomic E-state index is 13.1. The first kappa shape index (κ1) is 21.8. The van der Waals surface area contributed by atoms with Gasteiger partial charge in [0.25, 0.3) is 10.0 Å². The van der Waals surface area contributed by atoms with E-state index in [1.165, 1.54) is 19.2 Å². The van der Waals surface area contributed by atoms with E-state index in [2.05, 4.69) is 26.0 Å². The molecule has 0 fully saturated rings. The normalized spacial score (nSPS) is 11.0. The molecule has 0 aliphatic heterocycles. The lowest BCUT2D eigenvalue weighted by molar-refractivity contribution is -0.115. The average Bonchev–Trinajstić information content (AvgIpc) is 2.70. The zero-order chi connectivity index (χ0) is 21.7. The molecular formula is C21H18BrFN2O4S. The Morgan fingerprint density at radius 3 is 2.33 bits per heavy atom. The van der Waals surface area contributed by atoms with Crippen molar-refractivity contribution < 1.29 is 22.3 Å². The van der Waals surface area contributed by atoms with Crippen LogP contribution in [0.25, 0.3) is 0 Å². The highest BCUT2D eigenvalue weighted by Crippen LogP contribution is 2.30. The Bertz CT molecular complexity index is 1150. The number of amides is 1. The van der Waals surface area contributed by atoms with Gasteiger partial charge in [-0.05, 0) is 60.2 Å². The van der Waals surface area contributed by atoms with E-state index in [0.29, 0.717) is 5.69 Å². The maximum atomic E-state index is 13.1. The van der Waals surface area contributed by atoms with E-state index >= 15 is 0 Å². The van der Waals surface area contributed by atoms with Gasteiger partial charge in [-0.15, -0.1) is 0 Å². The molecule has 0 heterocycles. The van der Waals surface area contributed by atoms with Crippen LogP contribution in [-0.4, -0.2) is 21.4 Å². The van der Waals surface area contributed by atoms with E-state index in [1.54, 1.807) is 6.07 Å². The molecule has 6 nitrogen and oxygen atoms in total. The average molecular weight is 493 g/mol. The minimum absolute atomic E-state index is 0.101. The molecule has 0 aliphatic carbocycles. The van der Waals surface area contributed by atoms with Crippen molar-refractivity contribution in [1.82, 2.24) is 0 Å². The van der Waals surface area contributed by atoms with E-state index in [1.807, 2.05) is 24.3 Å². The smallest absolute Gasteiger partial charge is 0.262 e. The molecule has 0 spiro atoms. The summed E-state index contributed by atoms with van der Waals surface area (Å²) in [5, 5.41) is 2.74. The van der Waals surface area contributed by atoms with Gasteiger partial charge < -0.3 is 10.1 Å². The summed E-state index contributed by atoms with van der Waals surface area (Å²) in [5.41, 5.74) is 1.37. The van der Waals surface area contributed by atoms with Crippen molar-refractivity contribution in [2.75, 3.05) is 17.1 Å². The Labute approximate surface area is 182 Å². The lowest BCUT2D eigenvalue weighted by atomic mass is 10.1. The number of halogens is 2. The van der Waals surface area contributed by atoms with Gasteiger partial charge in [0.05, 0.1) is 24.1 Å². The quantitative estimate of drug-likeness (QED) is 0.505. The Morgan fingerprint density at radius 1 is 1.03 bits per heavy atom. The van der Waals surface area contributed by atoms with Gasteiger partial charge in [-0.3, -0.25) is 9.52 Å². The highest BCUT2D eigenvalue weighted by Gasteiger charge is 2.17. The van der Waals surface area contributed by atoms with Gasteiger partial charge in [0.15, 0.2) is 0 Å². The van der Waals surface area contributed by atoms with Crippen molar-refractivity contribution in [3.63, 3.8) is 0 Å². The molecule has 2 N–H and O–H groups in total. The molecule has 0 bridgehead atoms. The van der Waals surface area contributed by atoms with Crippen molar-refractivity contribution in [3.8, 4) is 5.75 Å². The lowest BCUT2D eigenvalue weighted by Gasteiger charge is -2.14. The topological polar surface area (TPSA) is 84.5 Å². The summed E-state index contributed by atoms with van der Waals surface area (Å²) in [6.07, 6.45) is 0.163. The molecular weight excluding hydrogens is 475 g/mol. The summed E-state index contributed by atoms with van der Waals surface area (Å²) in [6, 6.07) is 16.4. The largest absolute Gasteiger partial charge is 0.495 e. The SMILES string of the molecule is COc1ccc(NC(=O)Cc2ccc(Br)cc2)cc1NS(=O)(=O)c1ccc(F)cc1. The first-order chi connectivity index (χ1) is 14.3. The molecule has 0 aliphatic rings. The van der Waals surface area contributed by atoms with Crippen LogP contribution >= 0.6 is 15.9 Å². The Morgan fingerprint density at radius 2 is 1.70 bits per heavy atom. The first-order valence-corrected chi connectivity index (χ1v) is 11.1. The van der Waals surface area contributed by atoms with Gasteiger partial charge in [-0.2, -0.15) is 0 Å². The number of nitrogens with one attached hydrogen (secondary N) is 2. The summed E-state index contributed by atoms with van der Waals surface area (Å²) in [4.78, 5) is 12.2. The molecule has 0 atom stereocenters. The molecule has 1 amide bonds. The van der Waals surface area contributed by atoms with E-state index < -0.39 is 15.8 Å². The number of carbonyl (C=O) groups is 1. The molecule has 0 unspecified atom stereocenters. The highest BCUT2D eigenvalue weighted by atomic mass is 79.9. The fraction of sp³-hybridized carbons (Fsp3) is 0.0952. The predicted molar refractivity (Wildman–Crippen MR) is 117 cm³/mol. The molecule has 9 heteroatoms. The third-order valence-corrected chi connectivity index (χ3v) is 6.04. The summed E-state index contributed by atoms with van der Waals surface area (Å²) >= 11 is 3.34. The number of hydrogen-bond donors (Lipinski definition) is 2. The molecule has 0 aromatic heterocycles. The summed E-state index contributed by atoms with van der Waals surface area (Å²) in [6.45, 7) is 0. The van der Waals surface area contributed by atoms with E-state index in [-0.39, 0.29) is 28.7 Å². The van der Waals surface area contributed by atoms with Crippen LogP contribution in [0.3, 0.4) is 0 Å². The number of rotatable bonds is 7. The van der Waals surface area contributed by atoms with Crippen LogP contribution in [0.15, 0.2) is 76.1 Å². The van der Waals surface area contributed by atoms with Crippen molar-refractivity contribution in [2.45, 2.75) is 11.3 Å². The number of sulfonamides is 1. The van der Waals surface area contributed by atoms with Crippen LogP contribution in [0, 0.1) is 5.82 Å². The Hall–Kier alpha value is -2.91. The lowest BCUT2D eigenvalue weighted by Crippen LogP contribution is -2.16. The zero-order valence-electron chi connectivity index (χ0n) is 15.9. The third-order valence-electron chi connectivity index (χ3n) is 4.13. The fourth-order valence-electron chi connectivity index (χ4n) is 2.68. The van der Waals surface area contributed by atoms with E-state index in [0.717, 1.165) is 34.3 Å². The molecule has 3 aromatic carbocycles. The first-order valence-electron chi connectivity index (χ1n) is 8.77. The predicted octanol–water partition coefficient (Wildman–Crippen LogP) is 4.58. The summed E-state index contributed by atoms with van der Waals surface area (Å²) in [7, 11) is -2.57. The van der Waals surface area contributed by atoms with Crippen molar-refractivity contribution >= 4 is 43.2 Å². The summed E-state index contributed by atoms with van der Waals surface area (Å²) < 4.78 is 46.8. The molecule has 0 saturated heterocycles. The van der Waals surface area contributed by atoms with Crippen LogP contribution in [0.5, 0.6) is 5.75 Å². The van der Waals surface area contributed by atoms with Crippen LogP contribution in [0.1, 0.15) is 5.56 Å². The van der Waals surface area contributed by atoms with Crippen LogP contribution in [-0.2, 0) is 21.2 Å². The van der Waals surface area contributed by atoms with Gasteiger partial charge in [-0.25, -0.2) is 12.8 Å². The minimum Gasteiger partial charge on any atom is -0.495 e. The number of hydrogen-bond acceptors (Lipinski definition) is 4. The number of ether oxygens (including phenoxy) is 1. The second-order valence-corrected chi connectivity index (χ2v) is 8.92. The second kappa shape index (κ2) is 9.27. The fourth-order valence-corrected chi connectivity index (χ4v) is 4.00. The number of benzene rings is 3.